The summed E-state index contributed by atoms with van der Waals surface area (Å²) in [6.07, 6.45) is 3.17. The Bertz CT molecular complexity index is 1060. The molecule has 1 N–H and O–H groups in total. The van der Waals surface area contributed by atoms with Gasteiger partial charge in [-0.15, -0.1) is 5.10 Å². The average molecular weight is 377 g/mol. The molecule has 0 aliphatic carbocycles. The van der Waals surface area contributed by atoms with Gasteiger partial charge in [-0.05, 0) is 71.3 Å². The third-order valence-electron chi connectivity index (χ3n) is 4.51. The second-order valence-electron chi connectivity index (χ2n) is 6.44. The first-order valence-corrected chi connectivity index (χ1v) is 8.80. The van der Waals surface area contributed by atoms with E-state index in [9.17, 15) is 4.79 Å². The van der Waals surface area contributed by atoms with E-state index in [1.807, 2.05) is 50.2 Å². The minimum atomic E-state index is -0.243. The van der Waals surface area contributed by atoms with Gasteiger partial charge in [0.2, 0.25) is 12.7 Å². The van der Waals surface area contributed by atoms with E-state index in [1.54, 1.807) is 10.8 Å². The summed E-state index contributed by atoms with van der Waals surface area (Å²) >= 11 is 0. The monoisotopic (exact) mass is 377 g/mol. The van der Waals surface area contributed by atoms with Crippen LogP contribution in [0.4, 0.5) is 0 Å². The Morgan fingerprint density at radius 2 is 2.00 bits per heavy atom. The number of aromatic nitrogens is 4. The number of carbonyl (C=O) groups excluding carboxylic acids is 1. The minimum Gasteiger partial charge on any atom is -0.454 e. The van der Waals surface area contributed by atoms with E-state index in [0.29, 0.717) is 17.3 Å². The molecule has 1 aliphatic heterocycles. The highest BCUT2D eigenvalue weighted by atomic mass is 16.7. The van der Waals surface area contributed by atoms with Gasteiger partial charge in [-0.3, -0.25) is 4.79 Å². The molecule has 0 atom stereocenters. The lowest BCUT2D eigenvalue weighted by atomic mass is 10.1. The van der Waals surface area contributed by atoms with Crippen LogP contribution in [-0.2, 0) is 11.3 Å². The van der Waals surface area contributed by atoms with E-state index < -0.39 is 0 Å². The van der Waals surface area contributed by atoms with Crippen LogP contribution in [0, 0.1) is 13.8 Å². The van der Waals surface area contributed by atoms with Crippen LogP contribution in [0.1, 0.15) is 22.5 Å². The summed E-state index contributed by atoms with van der Waals surface area (Å²) in [5.41, 5.74) is 4.04. The third-order valence-corrected chi connectivity index (χ3v) is 4.51. The molecule has 0 bridgehead atoms. The maximum absolute atomic E-state index is 12.2. The van der Waals surface area contributed by atoms with Gasteiger partial charge < -0.3 is 14.8 Å². The topological polar surface area (TPSA) is 91.2 Å². The summed E-state index contributed by atoms with van der Waals surface area (Å²) in [5, 5.41) is 14.6. The molecule has 0 saturated carbocycles. The number of hydrogen-bond acceptors (Lipinski definition) is 6. The molecule has 2 aromatic carbocycles. The van der Waals surface area contributed by atoms with Gasteiger partial charge in [-0.1, -0.05) is 12.1 Å². The molecule has 28 heavy (non-hydrogen) atoms. The van der Waals surface area contributed by atoms with E-state index in [0.717, 1.165) is 16.8 Å². The maximum atomic E-state index is 12.2. The van der Waals surface area contributed by atoms with Crippen molar-refractivity contribution in [2.75, 3.05) is 6.79 Å². The fraction of sp³-hybridized carbons (Fsp3) is 0.200. The summed E-state index contributed by atoms with van der Waals surface area (Å²) < 4.78 is 12.2. The number of ether oxygens (including phenoxy) is 2. The number of carbonyl (C=O) groups is 1. The molecule has 0 saturated heterocycles. The Balaban J connectivity index is 1.40. The molecule has 2 heterocycles. The Hall–Kier alpha value is -3.68. The van der Waals surface area contributed by atoms with Crippen LogP contribution in [0.25, 0.3) is 11.8 Å². The molecular formula is C20H19N5O3. The first kappa shape index (κ1) is 17.7. The lowest BCUT2D eigenvalue weighted by molar-refractivity contribution is -0.116. The van der Waals surface area contributed by atoms with Crippen molar-refractivity contribution in [2.24, 2.45) is 0 Å². The van der Waals surface area contributed by atoms with Crippen molar-refractivity contribution >= 4 is 12.0 Å². The largest absolute Gasteiger partial charge is 0.454 e. The van der Waals surface area contributed by atoms with Gasteiger partial charge in [-0.2, -0.15) is 4.68 Å². The van der Waals surface area contributed by atoms with Crippen LogP contribution in [0.3, 0.4) is 0 Å². The van der Waals surface area contributed by atoms with Crippen LogP contribution in [0.5, 0.6) is 11.5 Å². The number of nitrogens with zero attached hydrogens (tertiary/aromatic N) is 4. The highest BCUT2D eigenvalue weighted by Gasteiger charge is 2.13. The molecule has 0 unspecified atom stereocenters. The molecule has 142 valence electrons. The standard InChI is InChI=1S/C20H19N5O3/c1-13-3-6-16(9-14(13)2)25-19(22-23-24-25)11-21-20(26)8-5-15-4-7-17-18(10-15)28-12-27-17/h3-10H,11-12H2,1-2H3,(H,21,26). The van der Waals surface area contributed by atoms with Crippen LogP contribution < -0.4 is 14.8 Å². The van der Waals surface area contributed by atoms with Crippen LogP contribution >= 0.6 is 0 Å². The number of hydrogen-bond donors (Lipinski definition) is 1. The van der Waals surface area contributed by atoms with Gasteiger partial charge in [-0.25, -0.2) is 0 Å². The molecule has 1 amide bonds. The van der Waals surface area contributed by atoms with Crippen molar-refractivity contribution in [1.82, 2.24) is 25.5 Å². The predicted octanol–water partition coefficient (Wildman–Crippen LogP) is 2.34. The van der Waals surface area contributed by atoms with Crippen molar-refractivity contribution in [3.05, 3.63) is 65.0 Å². The average Bonchev–Trinajstić information content (AvgIpc) is 3.35. The first-order chi connectivity index (χ1) is 13.6. The van der Waals surface area contributed by atoms with Gasteiger partial charge >= 0.3 is 0 Å². The molecule has 8 nitrogen and oxygen atoms in total. The zero-order chi connectivity index (χ0) is 19.5. The molecule has 0 spiro atoms. The van der Waals surface area contributed by atoms with Crippen molar-refractivity contribution < 1.29 is 14.3 Å². The predicted molar refractivity (Wildman–Crippen MR) is 102 cm³/mol. The van der Waals surface area contributed by atoms with Crippen molar-refractivity contribution in [1.29, 1.82) is 0 Å². The first-order valence-electron chi connectivity index (χ1n) is 8.80. The van der Waals surface area contributed by atoms with Crippen LogP contribution in [0.15, 0.2) is 42.5 Å². The summed E-state index contributed by atoms with van der Waals surface area (Å²) in [5.74, 6) is 1.69. The second-order valence-corrected chi connectivity index (χ2v) is 6.44. The van der Waals surface area contributed by atoms with Crippen molar-refractivity contribution in [3.63, 3.8) is 0 Å². The number of amides is 1. The lowest BCUT2D eigenvalue weighted by Gasteiger charge is -2.07. The number of benzene rings is 2. The number of tetrazole rings is 1. The fourth-order valence-corrected chi connectivity index (χ4v) is 2.79. The summed E-state index contributed by atoms with van der Waals surface area (Å²) in [4.78, 5) is 12.2. The van der Waals surface area contributed by atoms with Crippen molar-refractivity contribution in [2.45, 2.75) is 20.4 Å². The van der Waals surface area contributed by atoms with E-state index in [4.69, 9.17) is 9.47 Å². The molecular weight excluding hydrogens is 358 g/mol. The Kier molecular flexibility index (Phi) is 4.76. The Morgan fingerprint density at radius 1 is 1.14 bits per heavy atom. The summed E-state index contributed by atoms with van der Waals surface area (Å²) in [6, 6.07) is 11.5. The van der Waals surface area contributed by atoms with Crippen LogP contribution in [0.2, 0.25) is 0 Å². The van der Waals surface area contributed by atoms with Gasteiger partial charge in [0.1, 0.15) is 0 Å². The highest BCUT2D eigenvalue weighted by molar-refractivity contribution is 5.91. The van der Waals surface area contributed by atoms with Gasteiger partial charge in [0.15, 0.2) is 17.3 Å². The molecule has 3 aromatic rings. The van der Waals surface area contributed by atoms with E-state index in [1.165, 1.54) is 11.6 Å². The zero-order valence-electron chi connectivity index (χ0n) is 15.5. The summed E-state index contributed by atoms with van der Waals surface area (Å²) in [6.45, 7) is 4.51. The van der Waals surface area contributed by atoms with E-state index in [-0.39, 0.29) is 19.2 Å². The normalized spacial score (nSPS) is 12.5. The van der Waals surface area contributed by atoms with Gasteiger partial charge in [0.25, 0.3) is 0 Å². The molecule has 0 fully saturated rings. The Labute approximate surface area is 161 Å². The van der Waals surface area contributed by atoms with E-state index in [2.05, 4.69) is 20.8 Å². The fourth-order valence-electron chi connectivity index (χ4n) is 2.79. The van der Waals surface area contributed by atoms with Crippen LogP contribution in [-0.4, -0.2) is 32.9 Å². The zero-order valence-corrected chi connectivity index (χ0v) is 15.5. The number of rotatable bonds is 5. The SMILES string of the molecule is Cc1ccc(-n2nnnc2CNC(=O)C=Cc2ccc3c(c2)OCO3)cc1C. The Morgan fingerprint density at radius 3 is 2.86 bits per heavy atom. The smallest absolute Gasteiger partial charge is 0.244 e. The lowest BCUT2D eigenvalue weighted by Crippen LogP contribution is -2.22. The number of fused-ring (bicyclic) bond motifs is 1. The quantitative estimate of drug-likeness (QED) is 0.686. The van der Waals surface area contributed by atoms with Gasteiger partial charge in [0, 0.05) is 6.08 Å². The highest BCUT2D eigenvalue weighted by Crippen LogP contribution is 2.32. The van der Waals surface area contributed by atoms with Crippen molar-refractivity contribution in [3.8, 4) is 17.2 Å². The molecule has 8 heteroatoms. The second kappa shape index (κ2) is 7.51. The van der Waals surface area contributed by atoms with E-state index >= 15 is 0 Å². The molecule has 0 radical (unpaired) electrons. The molecule has 1 aliphatic rings. The maximum Gasteiger partial charge on any atom is 0.244 e. The van der Waals surface area contributed by atoms with Gasteiger partial charge in [0.05, 0.1) is 12.2 Å². The molecule has 4 rings (SSSR count). The third kappa shape index (κ3) is 3.71. The minimum absolute atomic E-state index is 0.213. The summed E-state index contributed by atoms with van der Waals surface area (Å²) in [7, 11) is 0. The molecule has 1 aromatic heterocycles. The number of nitrogens with one attached hydrogen (secondary N) is 1. The number of aryl methyl sites for hydroxylation is 2.